The summed E-state index contributed by atoms with van der Waals surface area (Å²) in [6.45, 7) is -5.87. The minimum Gasteiger partial charge on any atom is -0.756 e. The number of imidazole rings is 2. The van der Waals surface area contributed by atoms with Gasteiger partial charge in [-0.25, -0.2) is 24.3 Å². The van der Waals surface area contributed by atoms with E-state index < -0.39 is 87.6 Å². The molecular formula is C22H23FN10Na2O10P2S. The third kappa shape index (κ3) is 5.94. The van der Waals surface area contributed by atoms with Gasteiger partial charge in [0.1, 0.15) is 36.3 Å². The van der Waals surface area contributed by atoms with Gasteiger partial charge in [-0.3, -0.25) is 23.5 Å². The molecule has 26 heteroatoms. The molecule has 2 saturated heterocycles. The molecule has 48 heavy (non-hydrogen) atoms. The van der Waals surface area contributed by atoms with Crippen molar-refractivity contribution in [2.45, 2.75) is 49.3 Å². The van der Waals surface area contributed by atoms with Gasteiger partial charge < -0.3 is 61.1 Å². The molecule has 4 aromatic heterocycles. The van der Waals surface area contributed by atoms with Gasteiger partial charge in [0.2, 0.25) is 5.95 Å². The predicted octanol–water partition coefficient (Wildman–Crippen LogP) is -6.77. The maximum absolute atomic E-state index is 15.8. The third-order valence-electron chi connectivity index (χ3n) is 8.90. The number of nitrogens with one attached hydrogen (secondary N) is 1. The zero-order chi connectivity index (χ0) is 32.3. The number of ether oxygens (including phenoxy) is 1. The Labute approximate surface area is 317 Å². The Kier molecular flexibility index (Phi) is 9.85. The molecule has 3 unspecified atom stereocenters. The molecule has 4 fully saturated rings. The van der Waals surface area contributed by atoms with Crippen LogP contribution in [0, 0.1) is 11.3 Å². The molecule has 6 heterocycles. The summed E-state index contributed by atoms with van der Waals surface area (Å²) in [6.07, 6.45) is -6.14. The third-order valence-corrected chi connectivity index (χ3v) is 11.4. The SMILES string of the molecule is Nc1nc2c(ncn2[C@@H]2O[C@@H]3COP(=O)([S-])O[C@H]4[C@@H](O)[C@H](n5cnc6c(N)ncnc65)[C@H]5CC54COP(=O)([O-])O[C@@H]2[C@@H]3F)c(=O)[nH]1.[Na+].[Na+]. The first-order valence-electron chi connectivity index (χ1n) is 13.7. The van der Waals surface area contributed by atoms with Gasteiger partial charge in [0, 0.05) is 5.41 Å². The Balaban J connectivity index is 0.00000201. The van der Waals surface area contributed by atoms with Crippen molar-refractivity contribution < 1.29 is 105 Å². The smallest absolute Gasteiger partial charge is 0.756 e. The standard InChI is InChI=1S/C22H25FN10O10P2S.2Na/c23-9-8-2-39-45(38,46)43-15-13(34)12(32-5-28-10-16(24)26-4-27-17(10)32)7-1-22(7,15)3-40-44(36,37)42-14(9)20(41-8)33-6-29-11-18(33)30-21(25)31-19(11)35;;/h4-9,12-15,20,34H,1-3H2,(H,36,37)(H,38,46)(H2,24,26,27)(H3,25,30,31,35);;/q;2*+1/p-2/t7-,8-,9-,12-,13+,14-,15+,20-,22?,45?;;/m1../s1. The number of anilines is 2. The number of aliphatic hydroxyl groups is 1. The summed E-state index contributed by atoms with van der Waals surface area (Å²) in [5, 5.41) is 11.5. The number of aromatic nitrogens is 8. The fourth-order valence-electron chi connectivity index (χ4n) is 6.77. The van der Waals surface area contributed by atoms with Gasteiger partial charge in [0.15, 0.2) is 41.8 Å². The quantitative estimate of drug-likeness (QED) is 0.0842. The van der Waals surface area contributed by atoms with E-state index in [2.05, 4.69) is 29.9 Å². The molecule has 8 rings (SSSR count). The molecule has 20 nitrogen and oxygen atoms in total. The number of rotatable bonds is 2. The largest absolute Gasteiger partial charge is 1.00 e. The minimum atomic E-state index is -5.34. The van der Waals surface area contributed by atoms with Crippen LogP contribution in [0.2, 0.25) is 0 Å². The average Bonchev–Trinajstić information content (AvgIpc) is 3.26. The number of nitrogen functional groups attached to an aromatic ring is 2. The number of hydrogen-bond acceptors (Lipinski definition) is 18. The fourth-order valence-corrected chi connectivity index (χ4v) is 9.21. The first-order valence-corrected chi connectivity index (χ1v) is 17.7. The maximum atomic E-state index is 15.8. The number of halogens is 1. The number of phosphoric ester groups is 1. The predicted molar refractivity (Wildman–Crippen MR) is 151 cm³/mol. The molecule has 4 aromatic rings. The van der Waals surface area contributed by atoms with Crippen LogP contribution in [0.3, 0.4) is 0 Å². The van der Waals surface area contributed by atoms with Gasteiger partial charge in [0.05, 0.1) is 31.9 Å². The average molecular weight is 746 g/mol. The molecule has 0 aromatic carbocycles. The van der Waals surface area contributed by atoms with Crippen molar-refractivity contribution >= 4 is 61.0 Å². The maximum Gasteiger partial charge on any atom is 1.00 e. The van der Waals surface area contributed by atoms with E-state index >= 15 is 4.39 Å². The molecule has 6 N–H and O–H groups in total. The summed E-state index contributed by atoms with van der Waals surface area (Å²) >= 11 is 5.14. The van der Waals surface area contributed by atoms with Crippen LogP contribution in [0.4, 0.5) is 16.2 Å². The van der Waals surface area contributed by atoms with E-state index in [1.54, 1.807) is 4.57 Å². The van der Waals surface area contributed by atoms with E-state index in [1.807, 2.05) is 0 Å². The van der Waals surface area contributed by atoms with Crippen LogP contribution in [0.5, 0.6) is 0 Å². The second kappa shape index (κ2) is 12.9. The van der Waals surface area contributed by atoms with Crippen LogP contribution >= 0.6 is 14.6 Å². The molecule has 246 valence electrons. The van der Waals surface area contributed by atoms with Crippen molar-refractivity contribution in [1.82, 2.24) is 39.0 Å². The minimum absolute atomic E-state index is 0. The van der Waals surface area contributed by atoms with E-state index in [1.165, 1.54) is 12.7 Å². The van der Waals surface area contributed by atoms with E-state index in [0.717, 1.165) is 10.9 Å². The van der Waals surface area contributed by atoms with Gasteiger partial charge in [0.25, 0.3) is 13.4 Å². The summed E-state index contributed by atoms with van der Waals surface area (Å²) < 4.78 is 72.6. The van der Waals surface area contributed by atoms with Crippen molar-refractivity contribution in [3.8, 4) is 0 Å². The van der Waals surface area contributed by atoms with Gasteiger partial charge in [-0.15, -0.1) is 0 Å². The van der Waals surface area contributed by atoms with Crippen LogP contribution in [-0.4, -0.2) is 87.9 Å². The number of fused-ring (bicyclic) bond motifs is 4. The van der Waals surface area contributed by atoms with Crippen LogP contribution in [0.1, 0.15) is 18.7 Å². The summed E-state index contributed by atoms with van der Waals surface area (Å²) in [5.74, 6) is -0.692. The van der Waals surface area contributed by atoms with Gasteiger partial charge in [-0.05, 0) is 12.3 Å². The molecule has 1 spiro atoms. The fraction of sp³-hybridized carbons (Fsp3) is 0.545. The Bertz CT molecular complexity index is 2060. The Morgan fingerprint density at radius 2 is 1.81 bits per heavy atom. The van der Waals surface area contributed by atoms with E-state index in [9.17, 15) is 23.9 Å². The molecule has 0 radical (unpaired) electrons. The molecule has 2 saturated carbocycles. The molecule has 2 bridgehead atoms. The second-order valence-corrected chi connectivity index (χ2v) is 15.5. The summed E-state index contributed by atoms with van der Waals surface area (Å²) in [4.78, 5) is 48.1. The van der Waals surface area contributed by atoms with Crippen molar-refractivity contribution in [3.05, 3.63) is 29.3 Å². The number of nitrogens with two attached hydrogens (primary N) is 2. The Morgan fingerprint density at radius 1 is 1.08 bits per heavy atom. The van der Waals surface area contributed by atoms with Crippen LogP contribution < -0.4 is 81.0 Å². The molecular weight excluding hydrogens is 723 g/mol. The topological polar surface area (TPSA) is 283 Å². The number of H-pyrrole nitrogens is 1. The Morgan fingerprint density at radius 3 is 2.58 bits per heavy atom. The number of hydrogen-bond donors (Lipinski definition) is 4. The Hall–Kier alpha value is -1.04. The van der Waals surface area contributed by atoms with Crippen molar-refractivity contribution in [3.63, 3.8) is 0 Å². The van der Waals surface area contributed by atoms with Gasteiger partial charge >= 0.3 is 59.1 Å². The zero-order valence-electron chi connectivity index (χ0n) is 25.1. The molecule has 2 aliphatic carbocycles. The number of nitrogens with zero attached hydrogens (tertiary/aromatic N) is 7. The number of alkyl halides is 1. The summed E-state index contributed by atoms with van der Waals surface area (Å²) in [6, 6.07) is -0.806. The number of aliphatic hydroxyl groups excluding tert-OH is 1. The normalized spacial score (nSPS) is 39.3. The zero-order valence-corrected chi connectivity index (χ0v) is 31.7. The van der Waals surface area contributed by atoms with Gasteiger partial charge in [-0.2, -0.15) is 4.98 Å². The van der Waals surface area contributed by atoms with Crippen molar-refractivity contribution in [1.29, 1.82) is 0 Å². The first-order chi connectivity index (χ1) is 21.8. The molecule has 2 aliphatic heterocycles. The van der Waals surface area contributed by atoms with Crippen molar-refractivity contribution in [2.24, 2.45) is 11.3 Å². The summed E-state index contributed by atoms with van der Waals surface area (Å²) in [5.41, 5.74) is 9.87. The summed E-state index contributed by atoms with van der Waals surface area (Å²) in [7, 11) is -5.34. The van der Waals surface area contributed by atoms with Crippen LogP contribution in [0.25, 0.3) is 22.3 Å². The van der Waals surface area contributed by atoms with E-state index in [4.69, 9.17) is 46.5 Å². The second-order valence-electron chi connectivity index (χ2n) is 11.5. The van der Waals surface area contributed by atoms with E-state index in [-0.39, 0.29) is 94.0 Å². The molecule has 11 atom stereocenters. The number of aromatic amines is 1. The number of phosphoric acid groups is 1. The van der Waals surface area contributed by atoms with E-state index in [0.29, 0.717) is 5.65 Å². The van der Waals surface area contributed by atoms with Crippen LogP contribution in [0.15, 0.2) is 23.8 Å². The molecule has 0 amide bonds. The van der Waals surface area contributed by atoms with Gasteiger partial charge in [-0.1, -0.05) is 0 Å². The monoisotopic (exact) mass is 746 g/mol. The van der Waals surface area contributed by atoms with Crippen molar-refractivity contribution in [2.75, 3.05) is 24.7 Å². The first kappa shape index (κ1) is 36.7. The molecule has 4 aliphatic rings. The van der Waals surface area contributed by atoms with Crippen LogP contribution in [-0.2, 0) is 44.2 Å².